The van der Waals surface area contributed by atoms with Gasteiger partial charge in [-0.15, -0.1) is 0 Å². The molecule has 0 atom stereocenters. The van der Waals surface area contributed by atoms with Crippen molar-refractivity contribution < 1.29 is 13.5 Å². The molecular weight excluding hydrogens is 238 g/mol. The molecule has 0 bridgehead atoms. The molecule has 0 aromatic heterocycles. The van der Waals surface area contributed by atoms with Crippen molar-refractivity contribution in [1.82, 2.24) is 4.31 Å². The van der Waals surface area contributed by atoms with E-state index < -0.39 is 10.0 Å². The van der Waals surface area contributed by atoms with Crippen LogP contribution in [0.1, 0.15) is 19.4 Å². The van der Waals surface area contributed by atoms with Crippen molar-refractivity contribution in [3.05, 3.63) is 29.8 Å². The van der Waals surface area contributed by atoms with Gasteiger partial charge < -0.3 is 5.11 Å². The van der Waals surface area contributed by atoms with Crippen LogP contribution in [0, 0.1) is 0 Å². The van der Waals surface area contributed by atoms with Gasteiger partial charge in [-0.3, -0.25) is 0 Å². The average Bonchev–Trinajstić information content (AvgIpc) is 2.31. The summed E-state index contributed by atoms with van der Waals surface area (Å²) in [4.78, 5) is 0.308. The van der Waals surface area contributed by atoms with Gasteiger partial charge in [0.2, 0.25) is 10.0 Å². The maximum absolute atomic E-state index is 12.1. The molecule has 1 N–H and O–H groups in total. The van der Waals surface area contributed by atoms with E-state index in [-0.39, 0.29) is 6.61 Å². The highest BCUT2D eigenvalue weighted by Gasteiger charge is 2.20. The molecule has 0 amide bonds. The first kappa shape index (κ1) is 14.2. The highest BCUT2D eigenvalue weighted by Crippen LogP contribution is 2.16. The van der Waals surface area contributed by atoms with E-state index in [4.69, 9.17) is 5.11 Å². The second-order valence-electron chi connectivity index (χ2n) is 3.71. The molecule has 0 fully saturated rings. The lowest BCUT2D eigenvalue weighted by Gasteiger charge is -2.18. The molecule has 96 valence electrons. The molecule has 0 radical (unpaired) electrons. The van der Waals surface area contributed by atoms with Crippen molar-refractivity contribution in [1.29, 1.82) is 0 Å². The second-order valence-corrected chi connectivity index (χ2v) is 5.64. The van der Waals surface area contributed by atoms with Gasteiger partial charge in [-0.25, -0.2) is 8.42 Å². The summed E-state index contributed by atoms with van der Waals surface area (Å²) in [5.74, 6) is 0. The van der Waals surface area contributed by atoms with Gasteiger partial charge in [0.05, 0.1) is 4.90 Å². The van der Waals surface area contributed by atoms with Crippen LogP contribution < -0.4 is 0 Å². The van der Waals surface area contributed by atoms with Crippen molar-refractivity contribution in [2.75, 3.05) is 19.7 Å². The topological polar surface area (TPSA) is 57.6 Å². The monoisotopic (exact) mass is 257 g/mol. The third-order valence-electron chi connectivity index (χ3n) is 2.67. The predicted octanol–water partition coefficient (Wildman–Crippen LogP) is 1.25. The van der Waals surface area contributed by atoms with Crippen molar-refractivity contribution in [3.8, 4) is 0 Å². The standard InChI is InChI=1S/C12H19NO3S/c1-3-13(4-2)17(15,16)12-7-5-11(6-8-12)9-10-14/h5-8,14H,3-4,9-10H2,1-2H3. The Kier molecular flexibility index (Phi) is 5.11. The van der Waals surface area contributed by atoms with Crippen molar-refractivity contribution in [3.63, 3.8) is 0 Å². The lowest BCUT2D eigenvalue weighted by molar-refractivity contribution is 0.299. The van der Waals surface area contributed by atoms with Gasteiger partial charge in [0.15, 0.2) is 0 Å². The molecule has 5 heteroatoms. The Morgan fingerprint density at radius 1 is 1.12 bits per heavy atom. The van der Waals surface area contributed by atoms with Crippen LogP contribution in [-0.2, 0) is 16.4 Å². The first-order valence-electron chi connectivity index (χ1n) is 5.76. The molecule has 0 aliphatic rings. The highest BCUT2D eigenvalue weighted by atomic mass is 32.2. The normalized spacial score (nSPS) is 12.0. The van der Waals surface area contributed by atoms with E-state index in [1.165, 1.54) is 4.31 Å². The molecule has 0 saturated carbocycles. The summed E-state index contributed by atoms with van der Waals surface area (Å²) in [7, 11) is -3.36. The van der Waals surface area contributed by atoms with Crippen molar-refractivity contribution in [2.45, 2.75) is 25.2 Å². The number of aliphatic hydroxyl groups excluding tert-OH is 1. The fourth-order valence-electron chi connectivity index (χ4n) is 1.67. The summed E-state index contributed by atoms with van der Waals surface area (Å²) in [6.45, 7) is 4.65. The Balaban J connectivity index is 2.99. The first-order chi connectivity index (χ1) is 8.06. The Hall–Kier alpha value is -0.910. The van der Waals surface area contributed by atoms with Crippen LogP contribution in [-0.4, -0.2) is 37.5 Å². The van der Waals surface area contributed by atoms with Crippen LogP contribution in [0.3, 0.4) is 0 Å². The van der Waals surface area contributed by atoms with E-state index in [2.05, 4.69) is 0 Å². The minimum Gasteiger partial charge on any atom is -0.396 e. The molecular formula is C12H19NO3S. The molecule has 0 unspecified atom stereocenters. The van der Waals surface area contributed by atoms with Crippen LogP contribution in [0.5, 0.6) is 0 Å². The smallest absolute Gasteiger partial charge is 0.243 e. The quantitative estimate of drug-likeness (QED) is 0.834. The molecule has 1 aromatic rings. The molecule has 0 spiro atoms. The van der Waals surface area contributed by atoms with E-state index in [0.717, 1.165) is 5.56 Å². The molecule has 1 rings (SSSR count). The summed E-state index contributed by atoms with van der Waals surface area (Å²) >= 11 is 0. The van der Waals surface area contributed by atoms with E-state index >= 15 is 0 Å². The maximum atomic E-state index is 12.1. The summed E-state index contributed by atoms with van der Waals surface area (Å²) in [5, 5.41) is 8.79. The summed E-state index contributed by atoms with van der Waals surface area (Å²) in [5.41, 5.74) is 0.936. The van der Waals surface area contributed by atoms with Crippen LogP contribution in [0.25, 0.3) is 0 Å². The number of benzene rings is 1. The third kappa shape index (κ3) is 3.28. The number of nitrogens with zero attached hydrogens (tertiary/aromatic N) is 1. The number of aliphatic hydroxyl groups is 1. The lowest BCUT2D eigenvalue weighted by Crippen LogP contribution is -2.30. The van der Waals surface area contributed by atoms with E-state index in [0.29, 0.717) is 24.4 Å². The SMILES string of the molecule is CCN(CC)S(=O)(=O)c1ccc(CCO)cc1. The Labute approximate surface area is 103 Å². The van der Waals surface area contributed by atoms with Gasteiger partial charge in [-0.1, -0.05) is 26.0 Å². The highest BCUT2D eigenvalue weighted by molar-refractivity contribution is 7.89. The number of hydrogen-bond donors (Lipinski definition) is 1. The second kappa shape index (κ2) is 6.14. The van der Waals surface area contributed by atoms with E-state index in [1.54, 1.807) is 24.3 Å². The minimum atomic E-state index is -3.36. The van der Waals surface area contributed by atoms with Gasteiger partial charge in [0.1, 0.15) is 0 Å². The Morgan fingerprint density at radius 3 is 2.06 bits per heavy atom. The van der Waals surface area contributed by atoms with Gasteiger partial charge in [-0.2, -0.15) is 4.31 Å². The van der Waals surface area contributed by atoms with E-state index in [1.807, 2.05) is 13.8 Å². The zero-order valence-corrected chi connectivity index (χ0v) is 11.1. The van der Waals surface area contributed by atoms with Crippen LogP contribution in [0.15, 0.2) is 29.2 Å². The predicted molar refractivity (Wildman–Crippen MR) is 67.3 cm³/mol. The molecule has 0 aliphatic heterocycles. The summed E-state index contributed by atoms with van der Waals surface area (Å²) < 4.78 is 25.7. The third-order valence-corrected chi connectivity index (χ3v) is 4.73. The number of sulfonamides is 1. The average molecular weight is 257 g/mol. The fraction of sp³-hybridized carbons (Fsp3) is 0.500. The molecule has 0 saturated heterocycles. The lowest BCUT2D eigenvalue weighted by atomic mass is 10.2. The molecule has 0 heterocycles. The zero-order valence-electron chi connectivity index (χ0n) is 10.3. The largest absolute Gasteiger partial charge is 0.396 e. The summed E-state index contributed by atoms with van der Waals surface area (Å²) in [6, 6.07) is 6.68. The van der Waals surface area contributed by atoms with Gasteiger partial charge in [0, 0.05) is 19.7 Å². The molecule has 4 nitrogen and oxygen atoms in total. The van der Waals surface area contributed by atoms with Crippen LogP contribution in [0.2, 0.25) is 0 Å². The zero-order chi connectivity index (χ0) is 12.9. The molecule has 1 aromatic carbocycles. The summed E-state index contributed by atoms with van der Waals surface area (Å²) in [6.07, 6.45) is 0.547. The Bertz CT molecular complexity index is 435. The van der Waals surface area contributed by atoms with Gasteiger partial charge in [0.25, 0.3) is 0 Å². The number of hydrogen-bond acceptors (Lipinski definition) is 3. The minimum absolute atomic E-state index is 0.0716. The maximum Gasteiger partial charge on any atom is 0.243 e. The van der Waals surface area contributed by atoms with Crippen LogP contribution in [0.4, 0.5) is 0 Å². The van der Waals surface area contributed by atoms with E-state index in [9.17, 15) is 8.42 Å². The van der Waals surface area contributed by atoms with Gasteiger partial charge >= 0.3 is 0 Å². The molecule has 0 aliphatic carbocycles. The Morgan fingerprint density at radius 2 is 1.65 bits per heavy atom. The first-order valence-corrected chi connectivity index (χ1v) is 7.20. The van der Waals surface area contributed by atoms with Crippen molar-refractivity contribution in [2.24, 2.45) is 0 Å². The number of rotatable bonds is 6. The van der Waals surface area contributed by atoms with Gasteiger partial charge in [-0.05, 0) is 24.1 Å². The fourth-order valence-corrected chi connectivity index (χ4v) is 3.13. The van der Waals surface area contributed by atoms with Crippen molar-refractivity contribution >= 4 is 10.0 Å². The molecule has 17 heavy (non-hydrogen) atoms. The van der Waals surface area contributed by atoms with Crippen LogP contribution >= 0.6 is 0 Å².